The van der Waals surface area contributed by atoms with Crippen molar-refractivity contribution in [3.05, 3.63) is 34.9 Å². The van der Waals surface area contributed by atoms with Crippen molar-refractivity contribution in [2.24, 2.45) is 5.92 Å². The maximum Gasteiger partial charge on any atom is 0.0462 e. The molecule has 2 atom stereocenters. The normalized spacial score (nSPS) is 32.2. The first-order valence-electron chi connectivity index (χ1n) is 6.45. The zero-order valence-corrected chi connectivity index (χ0v) is 10.00. The molecule has 1 aromatic rings. The molecular weight excluding hydrogens is 196 g/mol. The van der Waals surface area contributed by atoms with Gasteiger partial charge in [0.05, 0.1) is 0 Å². The van der Waals surface area contributed by atoms with Gasteiger partial charge in [-0.15, -0.1) is 0 Å². The van der Waals surface area contributed by atoms with E-state index in [4.69, 9.17) is 0 Å². The predicted octanol–water partition coefficient (Wildman–Crippen LogP) is 2.84. The SMILES string of the molecule is CC12CCCc3cccc(c31)CC(CO)C2. The highest BCUT2D eigenvalue weighted by Crippen LogP contribution is 2.47. The lowest BCUT2D eigenvalue weighted by Gasteiger charge is -2.44. The van der Waals surface area contributed by atoms with Gasteiger partial charge in [0.25, 0.3) is 0 Å². The highest BCUT2D eigenvalue weighted by atomic mass is 16.3. The van der Waals surface area contributed by atoms with E-state index < -0.39 is 0 Å². The Morgan fingerprint density at radius 1 is 1.38 bits per heavy atom. The van der Waals surface area contributed by atoms with Crippen LogP contribution in [-0.2, 0) is 18.3 Å². The summed E-state index contributed by atoms with van der Waals surface area (Å²) in [6.45, 7) is 2.75. The second-order valence-electron chi connectivity index (χ2n) is 5.82. The third-order valence-corrected chi connectivity index (χ3v) is 4.52. The van der Waals surface area contributed by atoms with E-state index >= 15 is 0 Å². The molecule has 16 heavy (non-hydrogen) atoms. The van der Waals surface area contributed by atoms with Crippen molar-refractivity contribution >= 4 is 0 Å². The molecule has 0 radical (unpaired) electrons. The molecule has 0 saturated heterocycles. The lowest BCUT2D eigenvalue weighted by Crippen LogP contribution is -2.37. The Bertz CT molecular complexity index is 410. The fraction of sp³-hybridized carbons (Fsp3) is 0.600. The molecule has 2 aliphatic carbocycles. The van der Waals surface area contributed by atoms with Crippen LogP contribution in [-0.4, -0.2) is 11.7 Å². The number of hydrogen-bond acceptors (Lipinski definition) is 1. The molecule has 2 aliphatic rings. The van der Waals surface area contributed by atoms with Crippen LogP contribution < -0.4 is 0 Å². The fourth-order valence-corrected chi connectivity index (χ4v) is 3.95. The second kappa shape index (κ2) is 3.59. The molecule has 3 rings (SSSR count). The fourth-order valence-electron chi connectivity index (χ4n) is 3.95. The van der Waals surface area contributed by atoms with Crippen molar-refractivity contribution in [3.8, 4) is 0 Å². The van der Waals surface area contributed by atoms with Crippen LogP contribution in [0.1, 0.15) is 42.9 Å². The molecule has 2 unspecified atom stereocenters. The summed E-state index contributed by atoms with van der Waals surface area (Å²) in [6, 6.07) is 6.76. The number of rotatable bonds is 1. The van der Waals surface area contributed by atoms with Crippen molar-refractivity contribution < 1.29 is 5.11 Å². The van der Waals surface area contributed by atoms with Crippen LogP contribution in [0, 0.1) is 5.92 Å². The molecule has 0 bridgehead atoms. The number of hydrogen-bond donors (Lipinski definition) is 1. The topological polar surface area (TPSA) is 20.2 Å². The van der Waals surface area contributed by atoms with Crippen molar-refractivity contribution in [2.75, 3.05) is 6.61 Å². The lowest BCUT2D eigenvalue weighted by molar-refractivity contribution is 0.171. The Labute approximate surface area is 97.5 Å². The van der Waals surface area contributed by atoms with Gasteiger partial charge in [0.15, 0.2) is 0 Å². The van der Waals surface area contributed by atoms with Gasteiger partial charge in [0, 0.05) is 6.61 Å². The predicted molar refractivity (Wildman–Crippen MR) is 65.6 cm³/mol. The summed E-state index contributed by atoms with van der Waals surface area (Å²) in [4.78, 5) is 0. The van der Waals surface area contributed by atoms with E-state index in [2.05, 4.69) is 25.1 Å². The minimum atomic E-state index is 0.343. The zero-order valence-electron chi connectivity index (χ0n) is 10.00. The summed E-state index contributed by atoms with van der Waals surface area (Å²) in [7, 11) is 0. The van der Waals surface area contributed by atoms with E-state index in [1.165, 1.54) is 31.2 Å². The van der Waals surface area contributed by atoms with E-state index in [9.17, 15) is 5.11 Å². The number of aliphatic hydroxyl groups is 1. The van der Waals surface area contributed by atoms with Crippen LogP contribution in [0.5, 0.6) is 0 Å². The molecular formula is C15H20O. The third-order valence-electron chi connectivity index (χ3n) is 4.52. The Hall–Kier alpha value is -0.820. The molecule has 0 fully saturated rings. The van der Waals surface area contributed by atoms with E-state index in [1.807, 2.05) is 0 Å². The molecule has 1 heteroatoms. The monoisotopic (exact) mass is 216 g/mol. The van der Waals surface area contributed by atoms with Gasteiger partial charge in [-0.3, -0.25) is 0 Å². The van der Waals surface area contributed by atoms with Crippen LogP contribution in [0.3, 0.4) is 0 Å². The average Bonchev–Trinajstić information content (AvgIpc) is 2.28. The van der Waals surface area contributed by atoms with Crippen molar-refractivity contribution in [3.63, 3.8) is 0 Å². The quantitative estimate of drug-likeness (QED) is 0.765. The Morgan fingerprint density at radius 3 is 3.00 bits per heavy atom. The largest absolute Gasteiger partial charge is 0.396 e. The van der Waals surface area contributed by atoms with Crippen molar-refractivity contribution in [1.82, 2.24) is 0 Å². The zero-order chi connectivity index (χ0) is 11.2. The van der Waals surface area contributed by atoms with Gasteiger partial charge < -0.3 is 5.11 Å². The summed E-state index contributed by atoms with van der Waals surface area (Å²) in [5.41, 5.74) is 5.05. The molecule has 0 amide bonds. The standard InChI is InChI=1S/C15H20O/c1-15-7-3-6-12-4-2-5-13(14(12)15)8-11(9-15)10-16/h2,4-5,11,16H,3,6-10H2,1H3. The Morgan fingerprint density at radius 2 is 2.19 bits per heavy atom. The average molecular weight is 216 g/mol. The first kappa shape index (κ1) is 10.3. The van der Waals surface area contributed by atoms with Gasteiger partial charge in [-0.2, -0.15) is 0 Å². The first-order valence-corrected chi connectivity index (χ1v) is 6.45. The molecule has 0 heterocycles. The maximum atomic E-state index is 9.43. The van der Waals surface area contributed by atoms with Crippen molar-refractivity contribution in [2.45, 2.75) is 44.4 Å². The summed E-state index contributed by atoms with van der Waals surface area (Å²) < 4.78 is 0. The Kier molecular flexibility index (Phi) is 2.32. The molecule has 1 aromatic carbocycles. The highest BCUT2D eigenvalue weighted by molar-refractivity contribution is 5.44. The molecule has 0 spiro atoms. The molecule has 1 N–H and O–H groups in total. The molecule has 0 aromatic heterocycles. The van der Waals surface area contributed by atoms with Crippen molar-refractivity contribution in [1.29, 1.82) is 0 Å². The van der Waals surface area contributed by atoms with Gasteiger partial charge in [0.1, 0.15) is 0 Å². The molecule has 86 valence electrons. The highest BCUT2D eigenvalue weighted by Gasteiger charge is 2.39. The minimum absolute atomic E-state index is 0.343. The summed E-state index contributed by atoms with van der Waals surface area (Å²) in [6.07, 6.45) is 6.12. The van der Waals surface area contributed by atoms with Crippen LogP contribution in [0.15, 0.2) is 18.2 Å². The summed E-state index contributed by atoms with van der Waals surface area (Å²) >= 11 is 0. The van der Waals surface area contributed by atoms with E-state index in [0.29, 0.717) is 17.9 Å². The van der Waals surface area contributed by atoms with Gasteiger partial charge >= 0.3 is 0 Å². The summed E-state index contributed by atoms with van der Waals surface area (Å²) in [5.74, 6) is 0.478. The van der Waals surface area contributed by atoms with Crippen LogP contribution >= 0.6 is 0 Å². The van der Waals surface area contributed by atoms with E-state index in [1.54, 1.807) is 11.1 Å². The maximum absolute atomic E-state index is 9.43. The molecule has 0 aliphatic heterocycles. The minimum Gasteiger partial charge on any atom is -0.396 e. The first-order chi connectivity index (χ1) is 7.73. The van der Waals surface area contributed by atoms with Crippen LogP contribution in [0.4, 0.5) is 0 Å². The number of aliphatic hydroxyl groups excluding tert-OH is 1. The van der Waals surface area contributed by atoms with Gasteiger partial charge in [-0.25, -0.2) is 0 Å². The van der Waals surface area contributed by atoms with Gasteiger partial charge in [-0.1, -0.05) is 25.1 Å². The second-order valence-corrected chi connectivity index (χ2v) is 5.82. The smallest absolute Gasteiger partial charge is 0.0462 e. The number of benzene rings is 1. The van der Waals surface area contributed by atoms with Gasteiger partial charge in [0.2, 0.25) is 0 Å². The van der Waals surface area contributed by atoms with E-state index in [0.717, 1.165) is 6.42 Å². The molecule has 1 nitrogen and oxygen atoms in total. The van der Waals surface area contributed by atoms with Crippen LogP contribution in [0.25, 0.3) is 0 Å². The lowest BCUT2D eigenvalue weighted by atomic mass is 9.61. The van der Waals surface area contributed by atoms with E-state index in [-0.39, 0.29) is 0 Å². The Balaban J connectivity index is 2.14. The third kappa shape index (κ3) is 1.41. The van der Waals surface area contributed by atoms with Gasteiger partial charge in [-0.05, 0) is 60.1 Å². The summed E-state index contributed by atoms with van der Waals surface area (Å²) in [5, 5.41) is 9.43. The molecule has 0 saturated carbocycles. The van der Waals surface area contributed by atoms with Crippen LogP contribution in [0.2, 0.25) is 0 Å². The number of aryl methyl sites for hydroxylation is 1.